The fourth-order valence-electron chi connectivity index (χ4n) is 2.10. The smallest absolute Gasteiger partial charge is 0.0578 e. The van der Waals surface area contributed by atoms with Crippen LogP contribution in [-0.4, -0.2) is 17.7 Å². The first-order valence-corrected chi connectivity index (χ1v) is 5.41. The molecule has 0 radical (unpaired) electrons. The topological polar surface area (TPSA) is 22.1 Å². The van der Waals surface area contributed by atoms with Gasteiger partial charge in [0.1, 0.15) is 0 Å². The number of aromatic nitrogens is 1. The van der Waals surface area contributed by atoms with E-state index < -0.39 is 0 Å². The second-order valence-corrected chi connectivity index (χ2v) is 3.90. The Kier molecular flexibility index (Phi) is 3.14. The van der Waals surface area contributed by atoms with Gasteiger partial charge in [-0.05, 0) is 42.9 Å². The predicted molar refractivity (Wildman–Crippen MR) is 56.2 cm³/mol. The standard InChI is InChI=1S/C12H17NO/c1-2-12-9-11(5-8-14-12)10-3-6-13-7-4-10/h3-4,6-7,11-12H,2,5,8-9H2,1H3/t11-,12+/m1/s1. The van der Waals surface area contributed by atoms with Gasteiger partial charge < -0.3 is 4.74 Å². The van der Waals surface area contributed by atoms with Crippen molar-refractivity contribution in [2.75, 3.05) is 6.61 Å². The first-order valence-electron chi connectivity index (χ1n) is 5.41. The molecule has 1 aromatic heterocycles. The summed E-state index contributed by atoms with van der Waals surface area (Å²) in [5.74, 6) is 0.677. The van der Waals surface area contributed by atoms with Gasteiger partial charge in [-0.25, -0.2) is 0 Å². The Morgan fingerprint density at radius 3 is 2.93 bits per heavy atom. The van der Waals surface area contributed by atoms with Crippen molar-refractivity contribution in [1.82, 2.24) is 4.98 Å². The molecule has 1 aliphatic heterocycles. The molecule has 2 nitrogen and oxygen atoms in total. The van der Waals surface area contributed by atoms with Crippen molar-refractivity contribution >= 4 is 0 Å². The van der Waals surface area contributed by atoms with Gasteiger partial charge in [-0.15, -0.1) is 0 Å². The molecule has 0 unspecified atom stereocenters. The first kappa shape index (κ1) is 9.66. The highest BCUT2D eigenvalue weighted by Crippen LogP contribution is 2.30. The molecule has 2 heterocycles. The summed E-state index contributed by atoms with van der Waals surface area (Å²) < 4.78 is 5.66. The highest BCUT2D eigenvalue weighted by atomic mass is 16.5. The van der Waals surface area contributed by atoms with E-state index in [2.05, 4.69) is 24.0 Å². The molecule has 0 saturated carbocycles. The van der Waals surface area contributed by atoms with Crippen LogP contribution in [0.25, 0.3) is 0 Å². The molecule has 2 atom stereocenters. The summed E-state index contributed by atoms with van der Waals surface area (Å²) in [6, 6.07) is 4.26. The van der Waals surface area contributed by atoms with Gasteiger partial charge in [0.2, 0.25) is 0 Å². The number of rotatable bonds is 2. The SMILES string of the molecule is CC[C@H]1C[C@H](c2ccncc2)CCO1. The van der Waals surface area contributed by atoms with Crippen LogP contribution >= 0.6 is 0 Å². The Bertz CT molecular complexity index is 273. The Labute approximate surface area is 85.3 Å². The summed E-state index contributed by atoms with van der Waals surface area (Å²) in [6.45, 7) is 3.10. The van der Waals surface area contributed by atoms with E-state index in [-0.39, 0.29) is 0 Å². The maximum absolute atomic E-state index is 5.66. The molecule has 0 N–H and O–H groups in total. The maximum Gasteiger partial charge on any atom is 0.0578 e. The molecule has 0 bridgehead atoms. The summed E-state index contributed by atoms with van der Waals surface area (Å²) in [5.41, 5.74) is 1.42. The van der Waals surface area contributed by atoms with Gasteiger partial charge >= 0.3 is 0 Å². The maximum atomic E-state index is 5.66. The lowest BCUT2D eigenvalue weighted by Gasteiger charge is -2.29. The van der Waals surface area contributed by atoms with Gasteiger partial charge in [0.15, 0.2) is 0 Å². The van der Waals surface area contributed by atoms with Gasteiger partial charge in [-0.2, -0.15) is 0 Å². The summed E-state index contributed by atoms with van der Waals surface area (Å²) in [5, 5.41) is 0. The van der Waals surface area contributed by atoms with Crippen molar-refractivity contribution in [3.63, 3.8) is 0 Å². The molecule has 0 amide bonds. The fraction of sp³-hybridized carbons (Fsp3) is 0.583. The van der Waals surface area contributed by atoms with Crippen molar-refractivity contribution < 1.29 is 4.74 Å². The molecule has 1 aromatic rings. The Hall–Kier alpha value is -0.890. The number of hydrogen-bond acceptors (Lipinski definition) is 2. The average Bonchev–Trinajstić information content (AvgIpc) is 2.30. The van der Waals surface area contributed by atoms with E-state index >= 15 is 0 Å². The summed E-state index contributed by atoms with van der Waals surface area (Å²) >= 11 is 0. The Balaban J connectivity index is 2.04. The van der Waals surface area contributed by atoms with E-state index in [1.165, 1.54) is 12.0 Å². The predicted octanol–water partition coefficient (Wildman–Crippen LogP) is 2.75. The first-order chi connectivity index (χ1) is 6.90. The molecule has 2 rings (SSSR count). The molecule has 1 saturated heterocycles. The largest absolute Gasteiger partial charge is 0.378 e. The third-order valence-corrected chi connectivity index (χ3v) is 3.00. The van der Waals surface area contributed by atoms with Gasteiger partial charge in [0.25, 0.3) is 0 Å². The van der Waals surface area contributed by atoms with Crippen LogP contribution in [0.1, 0.15) is 37.7 Å². The molecule has 76 valence electrons. The fourth-order valence-corrected chi connectivity index (χ4v) is 2.10. The third-order valence-electron chi connectivity index (χ3n) is 3.00. The molecule has 0 aromatic carbocycles. The van der Waals surface area contributed by atoms with Crippen LogP contribution in [0, 0.1) is 0 Å². The van der Waals surface area contributed by atoms with Crippen LogP contribution in [0.3, 0.4) is 0 Å². The van der Waals surface area contributed by atoms with E-state index in [4.69, 9.17) is 4.74 Å². The van der Waals surface area contributed by atoms with Gasteiger partial charge in [-0.3, -0.25) is 4.98 Å². The summed E-state index contributed by atoms with van der Waals surface area (Å²) in [4.78, 5) is 4.05. The van der Waals surface area contributed by atoms with Crippen LogP contribution in [-0.2, 0) is 4.74 Å². The van der Waals surface area contributed by atoms with E-state index in [0.717, 1.165) is 19.4 Å². The van der Waals surface area contributed by atoms with E-state index in [0.29, 0.717) is 12.0 Å². The minimum Gasteiger partial charge on any atom is -0.378 e. The third kappa shape index (κ3) is 2.13. The quantitative estimate of drug-likeness (QED) is 0.717. The van der Waals surface area contributed by atoms with Gasteiger partial charge in [-0.1, -0.05) is 6.92 Å². The molecule has 0 spiro atoms. The highest BCUT2D eigenvalue weighted by molar-refractivity contribution is 5.16. The molecule has 1 aliphatic rings. The van der Waals surface area contributed by atoms with Gasteiger partial charge in [0, 0.05) is 19.0 Å². The van der Waals surface area contributed by atoms with Crippen LogP contribution in [0.2, 0.25) is 0 Å². The average molecular weight is 191 g/mol. The second-order valence-electron chi connectivity index (χ2n) is 3.90. The Morgan fingerprint density at radius 2 is 2.21 bits per heavy atom. The van der Waals surface area contributed by atoms with E-state index in [1.807, 2.05) is 12.4 Å². The summed E-state index contributed by atoms with van der Waals surface area (Å²) in [6.07, 6.45) is 7.67. The monoisotopic (exact) mass is 191 g/mol. The molecule has 14 heavy (non-hydrogen) atoms. The van der Waals surface area contributed by atoms with Crippen LogP contribution in [0.4, 0.5) is 0 Å². The van der Waals surface area contributed by atoms with E-state index in [1.54, 1.807) is 0 Å². The molecule has 1 fully saturated rings. The Morgan fingerprint density at radius 1 is 1.43 bits per heavy atom. The highest BCUT2D eigenvalue weighted by Gasteiger charge is 2.22. The van der Waals surface area contributed by atoms with Crippen molar-refractivity contribution in [1.29, 1.82) is 0 Å². The zero-order valence-corrected chi connectivity index (χ0v) is 8.65. The van der Waals surface area contributed by atoms with Crippen molar-refractivity contribution in [2.24, 2.45) is 0 Å². The van der Waals surface area contributed by atoms with Crippen LogP contribution in [0.15, 0.2) is 24.5 Å². The number of ether oxygens (including phenoxy) is 1. The normalized spacial score (nSPS) is 27.5. The second kappa shape index (κ2) is 4.56. The lowest BCUT2D eigenvalue weighted by molar-refractivity contribution is 0.00484. The number of hydrogen-bond donors (Lipinski definition) is 0. The zero-order chi connectivity index (χ0) is 9.80. The van der Waals surface area contributed by atoms with Gasteiger partial charge in [0.05, 0.1) is 6.10 Å². The molecular formula is C12H17NO. The van der Waals surface area contributed by atoms with Crippen molar-refractivity contribution in [2.45, 2.75) is 38.2 Å². The minimum atomic E-state index is 0.460. The molecular weight excluding hydrogens is 174 g/mol. The van der Waals surface area contributed by atoms with Crippen LogP contribution in [0.5, 0.6) is 0 Å². The minimum absolute atomic E-state index is 0.460. The number of pyridine rings is 1. The number of nitrogens with zero attached hydrogens (tertiary/aromatic N) is 1. The van der Waals surface area contributed by atoms with Crippen LogP contribution < -0.4 is 0 Å². The molecule has 0 aliphatic carbocycles. The lowest BCUT2D eigenvalue weighted by Crippen LogP contribution is -2.23. The zero-order valence-electron chi connectivity index (χ0n) is 8.65. The van der Waals surface area contributed by atoms with E-state index in [9.17, 15) is 0 Å². The molecule has 2 heteroatoms. The summed E-state index contributed by atoms with van der Waals surface area (Å²) in [7, 11) is 0. The van der Waals surface area contributed by atoms with Crippen molar-refractivity contribution in [3.05, 3.63) is 30.1 Å². The van der Waals surface area contributed by atoms with Crippen molar-refractivity contribution in [3.8, 4) is 0 Å². The lowest BCUT2D eigenvalue weighted by atomic mass is 9.88.